The molecule has 0 aliphatic carbocycles. The van der Waals surface area contributed by atoms with Crippen molar-refractivity contribution in [1.29, 1.82) is 0 Å². The van der Waals surface area contributed by atoms with Crippen LogP contribution in [0.4, 0.5) is 14.5 Å². The van der Waals surface area contributed by atoms with E-state index in [1.54, 1.807) is 0 Å². The third-order valence-electron chi connectivity index (χ3n) is 5.16. The normalized spacial score (nSPS) is 15.8. The van der Waals surface area contributed by atoms with Gasteiger partial charge in [0.2, 0.25) is 10.0 Å². The number of piperidine rings is 1. The molecule has 2 aromatic carbocycles. The van der Waals surface area contributed by atoms with Crippen molar-refractivity contribution in [1.82, 2.24) is 4.31 Å². The Morgan fingerprint density at radius 2 is 1.81 bits per heavy atom. The molecule has 0 bridgehead atoms. The third-order valence-corrected chi connectivity index (χ3v) is 7.82. The molecule has 31 heavy (non-hydrogen) atoms. The van der Waals surface area contributed by atoms with Gasteiger partial charge in [0.25, 0.3) is 5.91 Å². The van der Waals surface area contributed by atoms with Crippen LogP contribution in [0.1, 0.15) is 29.6 Å². The second-order valence-electron chi connectivity index (χ2n) is 7.21. The Bertz CT molecular complexity index is 1070. The Kier molecular flexibility index (Phi) is 7.54. The number of halogens is 4. The van der Waals surface area contributed by atoms with Gasteiger partial charge in [-0.05, 0) is 49.4 Å². The van der Waals surface area contributed by atoms with Crippen LogP contribution in [0.5, 0.6) is 0 Å². The van der Waals surface area contributed by atoms with E-state index in [4.69, 9.17) is 28.3 Å². The number of rotatable bonds is 6. The van der Waals surface area contributed by atoms with Crippen LogP contribution in [0.15, 0.2) is 35.2 Å². The van der Waals surface area contributed by atoms with E-state index < -0.39 is 32.6 Å². The lowest BCUT2D eigenvalue weighted by Gasteiger charge is -2.31. The number of carbonyl (C=O) groups excluding carboxylic acids is 1. The Morgan fingerprint density at radius 1 is 1.13 bits per heavy atom. The molecule has 1 heterocycles. The molecule has 1 fully saturated rings. The molecule has 0 radical (unpaired) electrons. The van der Waals surface area contributed by atoms with Gasteiger partial charge in [-0.3, -0.25) is 4.79 Å². The summed E-state index contributed by atoms with van der Waals surface area (Å²) in [7, 11) is -3.95. The molecule has 0 unspecified atom stereocenters. The van der Waals surface area contributed by atoms with Crippen molar-refractivity contribution in [2.75, 3.05) is 25.0 Å². The quantitative estimate of drug-likeness (QED) is 0.588. The minimum absolute atomic E-state index is 0.0287. The largest absolute Gasteiger partial charge is 0.396 e. The number of nitrogens with one attached hydrogen (secondary N) is 1. The fraction of sp³-hybridized carbons (Fsp3) is 0.350. The molecule has 2 aromatic rings. The van der Waals surface area contributed by atoms with Crippen LogP contribution in [0.25, 0.3) is 0 Å². The maximum Gasteiger partial charge on any atom is 0.255 e. The van der Waals surface area contributed by atoms with Crippen LogP contribution in [0.3, 0.4) is 0 Å². The molecular weight excluding hydrogens is 473 g/mol. The number of hydrogen-bond donors (Lipinski definition) is 2. The molecule has 6 nitrogen and oxygen atoms in total. The minimum atomic E-state index is -3.95. The van der Waals surface area contributed by atoms with Crippen molar-refractivity contribution < 1.29 is 27.1 Å². The number of carbonyl (C=O) groups is 1. The van der Waals surface area contributed by atoms with Crippen LogP contribution in [0.2, 0.25) is 10.0 Å². The molecule has 2 N–H and O–H groups in total. The number of amides is 1. The third kappa shape index (κ3) is 5.35. The summed E-state index contributed by atoms with van der Waals surface area (Å²) >= 11 is 11.7. The second-order valence-corrected chi connectivity index (χ2v) is 9.93. The smallest absolute Gasteiger partial charge is 0.255 e. The van der Waals surface area contributed by atoms with E-state index in [1.165, 1.54) is 16.4 Å². The van der Waals surface area contributed by atoms with Gasteiger partial charge in [0, 0.05) is 37.0 Å². The fourth-order valence-electron chi connectivity index (χ4n) is 3.43. The standard InChI is InChI=1S/C20H20Cl2F2N2O4S/c21-15-2-1-13(20(28)25-14-10-16(22)19(24)17(23)11-14)9-18(15)31(29,30)26-6-3-12(4-7-26)5-8-27/h1-2,9-12,27H,3-8H2,(H,25,28). The minimum Gasteiger partial charge on any atom is -0.396 e. The van der Waals surface area contributed by atoms with E-state index >= 15 is 0 Å². The molecule has 0 aromatic heterocycles. The topological polar surface area (TPSA) is 86.7 Å². The summed E-state index contributed by atoms with van der Waals surface area (Å²) in [4.78, 5) is 12.3. The first-order chi connectivity index (χ1) is 14.6. The van der Waals surface area contributed by atoms with Crippen molar-refractivity contribution in [2.45, 2.75) is 24.2 Å². The van der Waals surface area contributed by atoms with Gasteiger partial charge in [0.05, 0.1) is 10.0 Å². The van der Waals surface area contributed by atoms with Gasteiger partial charge in [0.1, 0.15) is 4.90 Å². The predicted molar refractivity (Wildman–Crippen MR) is 114 cm³/mol. The van der Waals surface area contributed by atoms with Gasteiger partial charge in [-0.2, -0.15) is 4.31 Å². The van der Waals surface area contributed by atoms with Crippen LogP contribution >= 0.6 is 23.2 Å². The number of benzene rings is 2. The van der Waals surface area contributed by atoms with Gasteiger partial charge < -0.3 is 10.4 Å². The van der Waals surface area contributed by atoms with E-state index in [-0.39, 0.29) is 46.8 Å². The Labute approximate surface area is 188 Å². The average molecular weight is 493 g/mol. The summed E-state index contributed by atoms with van der Waals surface area (Å²) < 4.78 is 54.3. The number of aliphatic hydroxyl groups is 1. The zero-order chi connectivity index (χ0) is 22.8. The summed E-state index contributed by atoms with van der Waals surface area (Å²) in [6.45, 7) is 0.629. The molecule has 0 saturated carbocycles. The SMILES string of the molecule is O=C(Nc1cc(F)c(F)c(Cl)c1)c1ccc(Cl)c(S(=O)(=O)N2CCC(CCO)CC2)c1. The van der Waals surface area contributed by atoms with Gasteiger partial charge in [-0.15, -0.1) is 0 Å². The Balaban J connectivity index is 1.82. The van der Waals surface area contributed by atoms with Gasteiger partial charge >= 0.3 is 0 Å². The summed E-state index contributed by atoms with van der Waals surface area (Å²) in [5.41, 5.74) is -0.113. The summed E-state index contributed by atoms with van der Waals surface area (Å²) in [6, 6.07) is 5.57. The van der Waals surface area contributed by atoms with Crippen molar-refractivity contribution in [3.63, 3.8) is 0 Å². The second kappa shape index (κ2) is 9.79. The molecule has 1 amide bonds. The molecule has 11 heteroatoms. The van der Waals surface area contributed by atoms with E-state index in [0.29, 0.717) is 19.3 Å². The molecule has 0 atom stereocenters. The van der Waals surface area contributed by atoms with Crippen molar-refractivity contribution in [3.05, 3.63) is 57.6 Å². The summed E-state index contributed by atoms with van der Waals surface area (Å²) in [5.74, 6) is -2.95. The van der Waals surface area contributed by atoms with Gasteiger partial charge in [-0.25, -0.2) is 17.2 Å². The van der Waals surface area contributed by atoms with Gasteiger partial charge in [0.15, 0.2) is 11.6 Å². The lowest BCUT2D eigenvalue weighted by atomic mass is 9.95. The van der Waals surface area contributed by atoms with Crippen molar-refractivity contribution >= 4 is 44.8 Å². The van der Waals surface area contributed by atoms with E-state index in [2.05, 4.69) is 5.32 Å². The van der Waals surface area contributed by atoms with E-state index in [1.807, 2.05) is 0 Å². The van der Waals surface area contributed by atoms with Crippen LogP contribution in [0, 0.1) is 17.6 Å². The zero-order valence-electron chi connectivity index (χ0n) is 16.2. The highest BCUT2D eigenvalue weighted by atomic mass is 35.5. The number of sulfonamides is 1. The van der Waals surface area contributed by atoms with Crippen molar-refractivity contribution in [3.8, 4) is 0 Å². The van der Waals surface area contributed by atoms with Crippen LogP contribution < -0.4 is 5.32 Å². The first-order valence-corrected chi connectivity index (χ1v) is 11.7. The first kappa shape index (κ1) is 23.9. The Morgan fingerprint density at radius 3 is 2.42 bits per heavy atom. The van der Waals surface area contributed by atoms with Crippen molar-refractivity contribution in [2.24, 2.45) is 5.92 Å². The fourth-order valence-corrected chi connectivity index (χ4v) is 5.61. The monoisotopic (exact) mass is 492 g/mol. The number of hydrogen-bond acceptors (Lipinski definition) is 4. The molecule has 1 saturated heterocycles. The summed E-state index contributed by atoms with van der Waals surface area (Å²) in [5, 5.41) is 10.9. The molecule has 1 aliphatic heterocycles. The maximum atomic E-state index is 13.5. The van der Waals surface area contributed by atoms with E-state index in [9.17, 15) is 22.0 Å². The van der Waals surface area contributed by atoms with E-state index in [0.717, 1.165) is 18.2 Å². The highest BCUT2D eigenvalue weighted by Gasteiger charge is 2.31. The lowest BCUT2D eigenvalue weighted by Crippen LogP contribution is -2.38. The Hall–Kier alpha value is -1.78. The highest BCUT2D eigenvalue weighted by molar-refractivity contribution is 7.89. The molecular formula is C20H20Cl2F2N2O4S. The number of anilines is 1. The molecule has 1 aliphatic rings. The molecule has 0 spiro atoms. The summed E-state index contributed by atoms with van der Waals surface area (Å²) in [6.07, 6.45) is 1.86. The molecule has 168 valence electrons. The van der Waals surface area contributed by atoms with Gasteiger partial charge in [-0.1, -0.05) is 23.2 Å². The highest BCUT2D eigenvalue weighted by Crippen LogP contribution is 2.30. The predicted octanol–water partition coefficient (Wildman–Crippen LogP) is 4.31. The van der Waals surface area contributed by atoms with Crippen LogP contribution in [-0.4, -0.2) is 43.4 Å². The zero-order valence-corrected chi connectivity index (χ0v) is 18.6. The first-order valence-electron chi connectivity index (χ1n) is 9.50. The maximum absolute atomic E-state index is 13.5. The number of aliphatic hydroxyl groups excluding tert-OH is 1. The van der Waals surface area contributed by atoms with Crippen LogP contribution in [-0.2, 0) is 10.0 Å². The number of nitrogens with zero attached hydrogens (tertiary/aromatic N) is 1. The molecule has 3 rings (SSSR count). The average Bonchev–Trinajstić information content (AvgIpc) is 2.72. The lowest BCUT2D eigenvalue weighted by molar-refractivity contribution is 0.102.